The zero-order valence-electron chi connectivity index (χ0n) is 19.4. The van der Waals surface area contributed by atoms with Crippen LogP contribution >= 0.6 is 0 Å². The van der Waals surface area contributed by atoms with Crippen LogP contribution in [0.5, 0.6) is 0 Å². The number of para-hydroxylation sites is 2. The molecule has 5 amide bonds. The van der Waals surface area contributed by atoms with Crippen molar-refractivity contribution in [2.45, 2.75) is 19.4 Å². The summed E-state index contributed by atoms with van der Waals surface area (Å²) < 4.78 is 0. The third kappa shape index (κ3) is 3.63. The molecule has 1 saturated heterocycles. The highest BCUT2D eigenvalue weighted by Gasteiger charge is 2.54. The first-order valence-corrected chi connectivity index (χ1v) is 11.3. The Bertz CT molecular complexity index is 1370. The fraction of sp³-hybridized carbons (Fsp3) is 0.185. The second-order valence-electron chi connectivity index (χ2n) is 8.78. The summed E-state index contributed by atoms with van der Waals surface area (Å²) in [5.74, 6) is -1.41. The van der Waals surface area contributed by atoms with E-state index in [9.17, 15) is 19.2 Å². The number of urea groups is 1. The molecule has 0 spiro atoms. The maximum atomic E-state index is 14.0. The van der Waals surface area contributed by atoms with Crippen LogP contribution in [0.4, 0.5) is 16.2 Å². The highest BCUT2D eigenvalue weighted by Crippen LogP contribution is 2.37. The zero-order valence-corrected chi connectivity index (χ0v) is 19.4. The lowest BCUT2D eigenvalue weighted by Crippen LogP contribution is -2.49. The van der Waals surface area contributed by atoms with Gasteiger partial charge in [-0.1, -0.05) is 60.7 Å². The van der Waals surface area contributed by atoms with Crippen molar-refractivity contribution in [3.63, 3.8) is 0 Å². The summed E-state index contributed by atoms with van der Waals surface area (Å²) in [5, 5.41) is 5.60. The molecule has 176 valence electrons. The van der Waals surface area contributed by atoms with E-state index in [1.807, 2.05) is 38.1 Å². The maximum Gasteiger partial charge on any atom is 0.326 e. The van der Waals surface area contributed by atoms with Crippen LogP contribution in [0.15, 0.2) is 72.8 Å². The fourth-order valence-corrected chi connectivity index (χ4v) is 4.62. The molecule has 8 heteroatoms. The molecule has 2 heterocycles. The minimum absolute atomic E-state index is 0.194. The lowest BCUT2D eigenvalue weighted by atomic mass is 9.81. The van der Waals surface area contributed by atoms with E-state index < -0.39 is 29.9 Å². The van der Waals surface area contributed by atoms with E-state index in [-0.39, 0.29) is 12.5 Å². The summed E-state index contributed by atoms with van der Waals surface area (Å²) >= 11 is 0. The second-order valence-corrected chi connectivity index (χ2v) is 8.78. The van der Waals surface area contributed by atoms with Crippen LogP contribution in [-0.2, 0) is 19.9 Å². The molecule has 2 N–H and O–H groups in total. The molecule has 0 unspecified atom stereocenters. The van der Waals surface area contributed by atoms with Crippen molar-refractivity contribution in [2.75, 3.05) is 23.3 Å². The number of benzene rings is 3. The number of hydrogen-bond acceptors (Lipinski definition) is 4. The van der Waals surface area contributed by atoms with E-state index in [1.165, 1.54) is 4.90 Å². The van der Waals surface area contributed by atoms with E-state index in [4.69, 9.17) is 0 Å². The molecule has 0 bridgehead atoms. The Kier molecular flexibility index (Phi) is 5.36. The Balaban J connectivity index is 1.52. The third-order valence-corrected chi connectivity index (χ3v) is 6.62. The summed E-state index contributed by atoms with van der Waals surface area (Å²) in [6.07, 6.45) is 0. The number of hydrogen-bond donors (Lipinski definition) is 2. The summed E-state index contributed by atoms with van der Waals surface area (Å²) in [6.45, 7) is 3.23. The van der Waals surface area contributed by atoms with Gasteiger partial charge in [-0.25, -0.2) is 4.79 Å². The highest BCUT2D eigenvalue weighted by atomic mass is 16.2. The normalized spacial score (nSPS) is 19.3. The van der Waals surface area contributed by atoms with Gasteiger partial charge >= 0.3 is 6.03 Å². The second kappa shape index (κ2) is 8.39. The fourth-order valence-electron chi connectivity index (χ4n) is 4.62. The SMILES string of the molecule is Cc1ccc([C@]2(c3ccccc3)NC(=O)N(CC(=O)N3CC(=O)Nc4ccccc43)C2=O)cc1C. The van der Waals surface area contributed by atoms with Crippen molar-refractivity contribution in [1.29, 1.82) is 0 Å². The van der Waals surface area contributed by atoms with Crippen LogP contribution in [0.2, 0.25) is 0 Å². The van der Waals surface area contributed by atoms with Crippen LogP contribution < -0.4 is 15.5 Å². The number of nitrogens with zero attached hydrogens (tertiary/aromatic N) is 2. The van der Waals surface area contributed by atoms with Crippen LogP contribution in [0.25, 0.3) is 0 Å². The van der Waals surface area contributed by atoms with Crippen molar-refractivity contribution in [2.24, 2.45) is 0 Å². The molecule has 0 aromatic heterocycles. The van der Waals surface area contributed by atoms with Crippen LogP contribution in [-0.4, -0.2) is 41.7 Å². The van der Waals surface area contributed by atoms with E-state index in [0.717, 1.165) is 16.0 Å². The first kappa shape index (κ1) is 22.3. The highest BCUT2D eigenvalue weighted by molar-refractivity contribution is 6.15. The number of nitrogens with one attached hydrogen (secondary N) is 2. The number of fused-ring (bicyclic) bond motifs is 1. The summed E-state index contributed by atoms with van der Waals surface area (Å²) in [7, 11) is 0. The van der Waals surface area contributed by atoms with Crippen molar-refractivity contribution in [3.05, 3.63) is 95.1 Å². The smallest absolute Gasteiger partial charge is 0.323 e. The van der Waals surface area contributed by atoms with Gasteiger partial charge in [-0.05, 0) is 48.2 Å². The zero-order chi connectivity index (χ0) is 24.7. The van der Waals surface area contributed by atoms with Gasteiger partial charge in [0.2, 0.25) is 11.8 Å². The number of amides is 5. The molecular weight excluding hydrogens is 444 g/mol. The Morgan fingerprint density at radius 2 is 1.60 bits per heavy atom. The number of carbonyl (C=O) groups is 4. The average molecular weight is 469 g/mol. The third-order valence-electron chi connectivity index (χ3n) is 6.62. The maximum absolute atomic E-state index is 14.0. The van der Waals surface area contributed by atoms with Crippen molar-refractivity contribution in [1.82, 2.24) is 10.2 Å². The molecule has 3 aromatic rings. The average Bonchev–Trinajstić information content (AvgIpc) is 3.11. The predicted molar refractivity (Wildman–Crippen MR) is 131 cm³/mol. The molecule has 8 nitrogen and oxygen atoms in total. The van der Waals surface area contributed by atoms with Gasteiger partial charge in [0.1, 0.15) is 13.1 Å². The molecule has 2 aliphatic heterocycles. The summed E-state index contributed by atoms with van der Waals surface area (Å²) in [5.41, 5.74) is 2.81. The van der Waals surface area contributed by atoms with Crippen molar-refractivity contribution >= 4 is 35.1 Å². The monoisotopic (exact) mass is 468 g/mol. The van der Waals surface area contributed by atoms with Gasteiger partial charge in [0.15, 0.2) is 5.54 Å². The van der Waals surface area contributed by atoms with E-state index in [1.54, 1.807) is 48.5 Å². The Morgan fingerprint density at radius 3 is 2.34 bits per heavy atom. The molecule has 0 radical (unpaired) electrons. The molecule has 0 saturated carbocycles. The lowest BCUT2D eigenvalue weighted by Gasteiger charge is -2.31. The summed E-state index contributed by atoms with van der Waals surface area (Å²) in [6, 6.07) is 20.9. The van der Waals surface area contributed by atoms with E-state index in [0.29, 0.717) is 22.5 Å². The molecule has 5 rings (SSSR count). The molecule has 3 aromatic carbocycles. The first-order chi connectivity index (χ1) is 16.8. The largest absolute Gasteiger partial charge is 0.326 e. The van der Waals surface area contributed by atoms with Gasteiger partial charge in [0.05, 0.1) is 11.4 Å². The van der Waals surface area contributed by atoms with Crippen LogP contribution in [0, 0.1) is 13.8 Å². The van der Waals surface area contributed by atoms with Crippen LogP contribution in [0.1, 0.15) is 22.3 Å². The van der Waals surface area contributed by atoms with Gasteiger partial charge in [0.25, 0.3) is 5.91 Å². The van der Waals surface area contributed by atoms with Crippen molar-refractivity contribution < 1.29 is 19.2 Å². The van der Waals surface area contributed by atoms with Gasteiger partial charge in [-0.15, -0.1) is 0 Å². The number of rotatable bonds is 4. The standard InChI is InChI=1S/C27H24N4O4/c1-17-12-13-20(14-18(17)2)27(19-8-4-3-5-9-19)25(34)31(26(35)29-27)16-24(33)30-15-23(32)28-21-10-6-7-11-22(21)30/h3-14H,15-16H2,1-2H3,(H,28,32)(H,29,35)/t27-/m0/s1. The minimum Gasteiger partial charge on any atom is -0.323 e. The number of aryl methyl sites for hydroxylation is 2. The number of anilines is 2. The van der Waals surface area contributed by atoms with E-state index in [2.05, 4.69) is 10.6 Å². The Morgan fingerprint density at radius 1 is 0.886 bits per heavy atom. The van der Waals surface area contributed by atoms with Gasteiger partial charge < -0.3 is 10.6 Å². The van der Waals surface area contributed by atoms with Gasteiger partial charge in [0, 0.05) is 0 Å². The molecular formula is C27H24N4O4. The lowest BCUT2D eigenvalue weighted by molar-refractivity contribution is -0.133. The Hall–Kier alpha value is -4.46. The first-order valence-electron chi connectivity index (χ1n) is 11.3. The molecule has 2 aliphatic rings. The summed E-state index contributed by atoms with van der Waals surface area (Å²) in [4.78, 5) is 54.8. The van der Waals surface area contributed by atoms with Crippen molar-refractivity contribution in [3.8, 4) is 0 Å². The topological polar surface area (TPSA) is 98.8 Å². The molecule has 1 fully saturated rings. The molecule has 35 heavy (non-hydrogen) atoms. The minimum atomic E-state index is -1.46. The molecule has 1 atom stereocenters. The number of imide groups is 1. The van der Waals surface area contributed by atoms with Gasteiger partial charge in [-0.3, -0.25) is 24.2 Å². The molecule has 0 aliphatic carbocycles. The number of carbonyl (C=O) groups excluding carboxylic acids is 4. The predicted octanol–water partition coefficient (Wildman–Crippen LogP) is 3.08. The quantitative estimate of drug-likeness (QED) is 0.575. The van der Waals surface area contributed by atoms with Gasteiger partial charge in [-0.2, -0.15) is 0 Å². The van der Waals surface area contributed by atoms with Crippen LogP contribution in [0.3, 0.4) is 0 Å². The van der Waals surface area contributed by atoms with E-state index >= 15 is 0 Å². The Labute approximate surface area is 202 Å².